The molecule has 0 aliphatic rings. The van der Waals surface area contributed by atoms with E-state index < -0.39 is 17.8 Å². The fraction of sp³-hybridized carbons (Fsp3) is 0.357. The van der Waals surface area contributed by atoms with E-state index in [4.69, 9.17) is 15.7 Å². The Balaban J connectivity index is 2.95. The number of nitrogen functional groups attached to an aromatic ring is 1. The molecular weight excluding hydrogens is 290 g/mol. The molecule has 22 heavy (non-hydrogen) atoms. The molecule has 0 unspecified atom stereocenters. The van der Waals surface area contributed by atoms with Crippen molar-refractivity contribution in [2.75, 3.05) is 11.9 Å². The van der Waals surface area contributed by atoms with Gasteiger partial charge >= 0.3 is 11.9 Å². The van der Waals surface area contributed by atoms with Gasteiger partial charge in [-0.05, 0) is 30.5 Å². The minimum Gasteiger partial charge on any atom is -0.493 e. The quantitative estimate of drug-likeness (QED) is 0.265. The Hall–Kier alpha value is -2.61. The zero-order chi connectivity index (χ0) is 16.7. The fourth-order valence-corrected chi connectivity index (χ4v) is 1.58. The Morgan fingerprint density at radius 1 is 1.32 bits per heavy atom. The predicted molar refractivity (Wildman–Crippen MR) is 79.3 cm³/mol. The van der Waals surface area contributed by atoms with Gasteiger partial charge in [0.25, 0.3) is 5.91 Å². The third-order valence-corrected chi connectivity index (χ3v) is 2.76. The highest BCUT2D eigenvalue weighted by Crippen LogP contribution is 2.23. The summed E-state index contributed by atoms with van der Waals surface area (Å²) in [6, 6.07) is 4.22. The summed E-state index contributed by atoms with van der Waals surface area (Å²) in [4.78, 5) is 33.4. The second-order valence-electron chi connectivity index (χ2n) is 4.97. The van der Waals surface area contributed by atoms with Crippen molar-refractivity contribution in [3.05, 3.63) is 23.8 Å². The highest BCUT2D eigenvalue weighted by atomic mass is 16.5. The molecule has 1 rings (SSSR count). The lowest BCUT2D eigenvalue weighted by Crippen LogP contribution is -2.30. The number of carbonyl (C=O) groups excluding carboxylic acids is 2. The van der Waals surface area contributed by atoms with Gasteiger partial charge in [-0.3, -0.25) is 15.0 Å². The predicted octanol–water partition coefficient (Wildman–Crippen LogP) is 0.738. The second kappa shape index (κ2) is 7.99. The van der Waals surface area contributed by atoms with Crippen LogP contribution in [0.15, 0.2) is 18.2 Å². The van der Waals surface area contributed by atoms with Crippen LogP contribution in [0.25, 0.3) is 0 Å². The molecular formula is C14H19N3O5. The van der Waals surface area contributed by atoms with Crippen molar-refractivity contribution in [2.24, 2.45) is 11.8 Å². The molecule has 0 saturated carbocycles. The van der Waals surface area contributed by atoms with Crippen LogP contribution in [0.2, 0.25) is 0 Å². The van der Waals surface area contributed by atoms with Crippen molar-refractivity contribution in [1.29, 1.82) is 0 Å². The molecule has 0 atom stereocenters. The van der Waals surface area contributed by atoms with Crippen LogP contribution >= 0.6 is 0 Å². The number of carboxylic acids is 1. The first-order valence-corrected chi connectivity index (χ1v) is 6.67. The van der Waals surface area contributed by atoms with Gasteiger partial charge in [-0.1, -0.05) is 13.8 Å². The zero-order valence-electron chi connectivity index (χ0n) is 12.4. The van der Waals surface area contributed by atoms with Crippen LogP contribution in [-0.4, -0.2) is 29.5 Å². The molecule has 0 fully saturated rings. The van der Waals surface area contributed by atoms with Gasteiger partial charge < -0.3 is 15.2 Å². The average Bonchev–Trinajstić information content (AvgIpc) is 2.47. The van der Waals surface area contributed by atoms with Crippen LogP contribution in [0.1, 0.15) is 30.6 Å². The highest BCUT2D eigenvalue weighted by molar-refractivity contribution is 6.36. The van der Waals surface area contributed by atoms with Crippen molar-refractivity contribution in [3.8, 4) is 5.75 Å². The Labute approximate surface area is 127 Å². The van der Waals surface area contributed by atoms with Crippen LogP contribution in [0, 0.1) is 5.92 Å². The monoisotopic (exact) mass is 309 g/mol. The summed E-state index contributed by atoms with van der Waals surface area (Å²) in [7, 11) is 0. The molecule has 0 spiro atoms. The molecule has 8 heteroatoms. The molecule has 1 aromatic rings. The molecule has 0 aliphatic carbocycles. The number of hydrogen-bond donors (Lipinski definition) is 4. The van der Waals surface area contributed by atoms with Gasteiger partial charge in [-0.2, -0.15) is 0 Å². The Morgan fingerprint density at radius 3 is 2.55 bits per heavy atom. The smallest absolute Gasteiger partial charge is 0.394 e. The van der Waals surface area contributed by atoms with Crippen molar-refractivity contribution < 1.29 is 24.2 Å². The van der Waals surface area contributed by atoms with E-state index in [0.717, 1.165) is 6.42 Å². The van der Waals surface area contributed by atoms with Crippen LogP contribution in [0.5, 0.6) is 5.75 Å². The van der Waals surface area contributed by atoms with E-state index >= 15 is 0 Å². The first kappa shape index (κ1) is 17.4. The van der Waals surface area contributed by atoms with Gasteiger partial charge in [-0.15, -0.1) is 0 Å². The van der Waals surface area contributed by atoms with Crippen LogP contribution in [-0.2, 0) is 9.59 Å². The molecule has 2 amide bonds. The number of aliphatic carboxylic acids is 1. The number of amides is 2. The standard InChI is InChI=1S/C14H19N3O5/c1-8(2)5-6-22-11-4-3-9(16-13(19)14(20)21)7-10(11)12(18)17-15/h3-4,7-8H,5-6,15H2,1-2H3,(H,16,19)(H,17,18)(H,20,21). The number of rotatable bonds is 6. The topological polar surface area (TPSA) is 131 Å². The summed E-state index contributed by atoms with van der Waals surface area (Å²) in [5.41, 5.74) is 2.24. The molecule has 0 aliphatic heterocycles. The molecule has 0 bridgehead atoms. The lowest BCUT2D eigenvalue weighted by molar-refractivity contribution is -0.147. The van der Waals surface area contributed by atoms with E-state index in [1.807, 2.05) is 19.3 Å². The van der Waals surface area contributed by atoms with Gasteiger partial charge in [0, 0.05) is 5.69 Å². The summed E-state index contributed by atoms with van der Waals surface area (Å²) in [6.45, 7) is 4.51. The van der Waals surface area contributed by atoms with Crippen molar-refractivity contribution in [2.45, 2.75) is 20.3 Å². The Morgan fingerprint density at radius 2 is 2.00 bits per heavy atom. The third kappa shape index (κ3) is 5.06. The number of hydrogen-bond acceptors (Lipinski definition) is 5. The first-order valence-electron chi connectivity index (χ1n) is 6.67. The van der Waals surface area contributed by atoms with E-state index in [-0.39, 0.29) is 11.3 Å². The lowest BCUT2D eigenvalue weighted by Gasteiger charge is -2.13. The van der Waals surface area contributed by atoms with Gasteiger partial charge in [0.05, 0.1) is 12.2 Å². The molecule has 0 saturated heterocycles. The van der Waals surface area contributed by atoms with Gasteiger partial charge in [0.2, 0.25) is 0 Å². The second-order valence-corrected chi connectivity index (χ2v) is 4.97. The molecule has 120 valence electrons. The Bertz CT molecular complexity index is 572. The number of ether oxygens (including phenoxy) is 1. The number of hydrazine groups is 1. The summed E-state index contributed by atoms with van der Waals surface area (Å²) in [5, 5.41) is 10.7. The minimum absolute atomic E-state index is 0.106. The number of carbonyl (C=O) groups is 3. The van der Waals surface area contributed by atoms with Crippen molar-refractivity contribution in [3.63, 3.8) is 0 Å². The minimum atomic E-state index is -1.62. The molecule has 1 aromatic carbocycles. The van der Waals surface area contributed by atoms with Crippen LogP contribution < -0.4 is 21.3 Å². The van der Waals surface area contributed by atoms with E-state index in [2.05, 4.69) is 5.32 Å². The number of nitrogens with one attached hydrogen (secondary N) is 2. The van der Waals surface area contributed by atoms with Crippen molar-refractivity contribution >= 4 is 23.5 Å². The maximum absolute atomic E-state index is 11.8. The normalized spacial score (nSPS) is 10.2. The van der Waals surface area contributed by atoms with E-state index in [1.165, 1.54) is 18.2 Å². The number of anilines is 1. The third-order valence-electron chi connectivity index (χ3n) is 2.76. The van der Waals surface area contributed by atoms with E-state index in [9.17, 15) is 14.4 Å². The maximum Gasteiger partial charge on any atom is 0.394 e. The van der Waals surface area contributed by atoms with E-state index in [1.54, 1.807) is 0 Å². The number of nitrogens with two attached hydrogens (primary N) is 1. The van der Waals surface area contributed by atoms with E-state index in [0.29, 0.717) is 18.3 Å². The maximum atomic E-state index is 11.8. The van der Waals surface area contributed by atoms with Crippen molar-refractivity contribution in [1.82, 2.24) is 5.43 Å². The summed E-state index contributed by atoms with van der Waals surface area (Å²) < 4.78 is 5.53. The lowest BCUT2D eigenvalue weighted by atomic mass is 10.1. The first-order chi connectivity index (χ1) is 10.3. The Kier molecular flexibility index (Phi) is 6.33. The van der Waals surface area contributed by atoms with Crippen LogP contribution in [0.3, 0.4) is 0 Å². The van der Waals surface area contributed by atoms with Gasteiger partial charge in [0.15, 0.2) is 0 Å². The molecule has 0 aromatic heterocycles. The summed E-state index contributed by atoms with van der Waals surface area (Å²) in [5.74, 6) is 2.43. The summed E-state index contributed by atoms with van der Waals surface area (Å²) in [6.07, 6.45) is 0.807. The largest absolute Gasteiger partial charge is 0.493 e. The summed E-state index contributed by atoms with van der Waals surface area (Å²) >= 11 is 0. The van der Waals surface area contributed by atoms with Gasteiger partial charge in [0.1, 0.15) is 5.75 Å². The fourth-order valence-electron chi connectivity index (χ4n) is 1.58. The average molecular weight is 309 g/mol. The zero-order valence-corrected chi connectivity index (χ0v) is 12.4. The molecule has 5 N–H and O–H groups in total. The molecule has 8 nitrogen and oxygen atoms in total. The number of carboxylic acid groups (broad SMARTS) is 1. The van der Waals surface area contributed by atoms with Crippen LogP contribution in [0.4, 0.5) is 5.69 Å². The molecule has 0 radical (unpaired) electrons. The molecule has 0 heterocycles. The van der Waals surface area contributed by atoms with Gasteiger partial charge in [-0.25, -0.2) is 10.6 Å². The highest BCUT2D eigenvalue weighted by Gasteiger charge is 2.16. The number of benzene rings is 1. The SMILES string of the molecule is CC(C)CCOc1ccc(NC(=O)C(=O)O)cc1C(=O)NN.